The Bertz CT molecular complexity index is 623. The van der Waals surface area contributed by atoms with Crippen molar-refractivity contribution in [3.63, 3.8) is 0 Å². The number of hydrogen-bond donors (Lipinski definition) is 0. The number of fused-ring (bicyclic) bond motifs is 2. The Morgan fingerprint density at radius 2 is 1.81 bits per heavy atom. The zero-order valence-electron chi connectivity index (χ0n) is 11.9. The zero-order valence-corrected chi connectivity index (χ0v) is 13.5. The van der Waals surface area contributed by atoms with Crippen molar-refractivity contribution in [2.75, 3.05) is 21.3 Å². The molecule has 1 fully saturated rings. The third-order valence-corrected chi connectivity index (χ3v) is 5.22. The number of likely N-dealkylation sites (N-methyl/N-ethyl adjacent to an activating group) is 1. The molecule has 3 amide bonds. The van der Waals surface area contributed by atoms with E-state index in [0.717, 1.165) is 16.0 Å². The van der Waals surface area contributed by atoms with Gasteiger partial charge < -0.3 is 9.47 Å². The quantitative estimate of drug-likeness (QED) is 0.602. The third-order valence-electron chi connectivity index (χ3n) is 4.11. The first-order valence-corrected chi connectivity index (χ1v) is 7.34. The summed E-state index contributed by atoms with van der Waals surface area (Å²) in [5.41, 5.74) is 0.283. The van der Waals surface area contributed by atoms with Crippen LogP contribution in [0.1, 0.15) is 22.2 Å². The van der Waals surface area contributed by atoms with E-state index in [1.807, 2.05) is 24.3 Å². The molecule has 0 N–H and O–H groups in total. The zero-order chi connectivity index (χ0) is 15.4. The number of hydrogen-bond acceptors (Lipinski definition) is 4. The standard InChI is InChI=1S/C14H15BrN2O4/c1-16-12(18)14(21-3)10(15)8-6-4-5-7-9(8)11(20-2)17(14)13(16)19/h4-7,10-11H,1-3H3. The predicted octanol–water partition coefficient (Wildman–Crippen LogP) is 2.02. The number of urea groups is 1. The summed E-state index contributed by atoms with van der Waals surface area (Å²) in [6, 6.07) is 7.09. The molecule has 1 aromatic rings. The average molecular weight is 355 g/mol. The lowest BCUT2D eigenvalue weighted by molar-refractivity contribution is -0.184. The molecule has 0 saturated carbocycles. The number of amides is 3. The largest absolute Gasteiger partial charge is 0.357 e. The van der Waals surface area contributed by atoms with Crippen LogP contribution in [-0.2, 0) is 14.3 Å². The van der Waals surface area contributed by atoms with Crippen LogP contribution >= 0.6 is 15.9 Å². The van der Waals surface area contributed by atoms with E-state index in [9.17, 15) is 9.59 Å². The number of nitrogens with zero attached hydrogens (tertiary/aromatic N) is 2. The molecule has 1 aromatic carbocycles. The number of ether oxygens (including phenoxy) is 2. The van der Waals surface area contributed by atoms with E-state index in [4.69, 9.17) is 9.47 Å². The fraction of sp³-hybridized carbons (Fsp3) is 0.429. The molecule has 0 radical (unpaired) electrons. The molecule has 3 atom stereocenters. The van der Waals surface area contributed by atoms with Gasteiger partial charge in [-0.25, -0.2) is 4.79 Å². The molecule has 3 unspecified atom stereocenters. The summed E-state index contributed by atoms with van der Waals surface area (Å²) >= 11 is 3.54. The molecule has 0 aliphatic carbocycles. The number of halogens is 1. The van der Waals surface area contributed by atoms with Crippen LogP contribution in [-0.4, -0.2) is 48.7 Å². The van der Waals surface area contributed by atoms with Gasteiger partial charge in [-0.3, -0.25) is 14.6 Å². The maximum absolute atomic E-state index is 12.6. The topological polar surface area (TPSA) is 59.1 Å². The predicted molar refractivity (Wildman–Crippen MR) is 77.6 cm³/mol. The lowest BCUT2D eigenvalue weighted by Gasteiger charge is -2.46. The molecular weight excluding hydrogens is 340 g/mol. The summed E-state index contributed by atoms with van der Waals surface area (Å²) in [5, 5.41) is 0. The van der Waals surface area contributed by atoms with Gasteiger partial charge in [0.25, 0.3) is 5.91 Å². The summed E-state index contributed by atoms with van der Waals surface area (Å²) in [4.78, 5) is 27.1. The van der Waals surface area contributed by atoms with Crippen molar-refractivity contribution in [2.45, 2.75) is 16.8 Å². The lowest BCUT2D eigenvalue weighted by Crippen LogP contribution is -2.58. The maximum Gasteiger partial charge on any atom is 0.331 e. The van der Waals surface area contributed by atoms with E-state index in [-0.39, 0.29) is 0 Å². The van der Waals surface area contributed by atoms with Crippen molar-refractivity contribution >= 4 is 27.9 Å². The second-order valence-electron chi connectivity index (χ2n) is 5.00. The molecule has 7 heteroatoms. The van der Waals surface area contributed by atoms with E-state index < -0.39 is 28.7 Å². The molecule has 2 aliphatic rings. The molecular formula is C14H15BrN2O4. The highest BCUT2D eigenvalue weighted by molar-refractivity contribution is 9.09. The van der Waals surface area contributed by atoms with Crippen LogP contribution in [0.25, 0.3) is 0 Å². The number of imide groups is 1. The normalized spacial score (nSPS) is 31.4. The minimum absolute atomic E-state index is 0.409. The van der Waals surface area contributed by atoms with Crippen LogP contribution < -0.4 is 0 Å². The van der Waals surface area contributed by atoms with Crippen LogP contribution in [0.15, 0.2) is 24.3 Å². The van der Waals surface area contributed by atoms with Crippen molar-refractivity contribution in [2.24, 2.45) is 0 Å². The highest BCUT2D eigenvalue weighted by Crippen LogP contribution is 2.53. The first kappa shape index (κ1) is 14.5. The molecule has 112 valence electrons. The van der Waals surface area contributed by atoms with Gasteiger partial charge in [0, 0.05) is 26.8 Å². The van der Waals surface area contributed by atoms with Gasteiger partial charge in [0.1, 0.15) is 0 Å². The Kier molecular flexibility index (Phi) is 3.31. The second kappa shape index (κ2) is 4.79. The van der Waals surface area contributed by atoms with E-state index >= 15 is 0 Å². The SMILES string of the molecule is COC1c2ccccc2C(Br)C2(OC)C(=O)N(C)C(=O)N12. The Labute approximate surface area is 130 Å². The molecule has 1 saturated heterocycles. The van der Waals surface area contributed by atoms with Crippen molar-refractivity contribution in [3.8, 4) is 0 Å². The van der Waals surface area contributed by atoms with E-state index in [1.165, 1.54) is 26.2 Å². The Morgan fingerprint density at radius 3 is 2.38 bits per heavy atom. The van der Waals surface area contributed by atoms with Gasteiger partial charge in [-0.2, -0.15) is 0 Å². The van der Waals surface area contributed by atoms with Gasteiger partial charge in [0.05, 0.1) is 4.83 Å². The average Bonchev–Trinajstić information content (AvgIpc) is 2.71. The fourth-order valence-electron chi connectivity index (χ4n) is 3.08. The van der Waals surface area contributed by atoms with Crippen LogP contribution in [0.2, 0.25) is 0 Å². The Hall–Kier alpha value is -1.44. The molecule has 2 heterocycles. The molecule has 21 heavy (non-hydrogen) atoms. The number of carbonyl (C=O) groups excluding carboxylic acids is 2. The first-order valence-electron chi connectivity index (χ1n) is 6.43. The van der Waals surface area contributed by atoms with Gasteiger partial charge in [0.15, 0.2) is 6.23 Å². The number of carbonyl (C=O) groups is 2. The number of alkyl halides is 1. The molecule has 6 nitrogen and oxygen atoms in total. The van der Waals surface area contributed by atoms with E-state index in [1.54, 1.807) is 0 Å². The van der Waals surface area contributed by atoms with Gasteiger partial charge >= 0.3 is 6.03 Å². The van der Waals surface area contributed by atoms with Crippen molar-refractivity contribution < 1.29 is 19.1 Å². The summed E-state index contributed by atoms with van der Waals surface area (Å²) < 4.78 is 11.0. The number of rotatable bonds is 2. The molecule has 0 bridgehead atoms. The smallest absolute Gasteiger partial charge is 0.331 e. The van der Waals surface area contributed by atoms with Gasteiger partial charge in [-0.1, -0.05) is 40.2 Å². The lowest BCUT2D eigenvalue weighted by atomic mass is 9.90. The van der Waals surface area contributed by atoms with Crippen LogP contribution in [0.4, 0.5) is 4.79 Å². The summed E-state index contributed by atoms with van der Waals surface area (Å²) in [6.45, 7) is 0. The number of methoxy groups -OCH3 is 2. The molecule has 0 spiro atoms. The minimum Gasteiger partial charge on any atom is -0.357 e. The van der Waals surface area contributed by atoms with Gasteiger partial charge in [-0.15, -0.1) is 0 Å². The maximum atomic E-state index is 12.6. The summed E-state index contributed by atoms with van der Waals surface area (Å²) in [7, 11) is 4.37. The van der Waals surface area contributed by atoms with Crippen LogP contribution in [0.5, 0.6) is 0 Å². The van der Waals surface area contributed by atoms with E-state index in [0.29, 0.717) is 0 Å². The van der Waals surface area contributed by atoms with Crippen molar-refractivity contribution in [1.82, 2.24) is 9.80 Å². The van der Waals surface area contributed by atoms with Gasteiger partial charge in [0.2, 0.25) is 5.72 Å². The third kappa shape index (κ3) is 1.59. The van der Waals surface area contributed by atoms with Crippen molar-refractivity contribution in [3.05, 3.63) is 35.4 Å². The Balaban J connectivity index is 2.29. The highest BCUT2D eigenvalue weighted by Gasteiger charge is 2.66. The molecule has 2 aliphatic heterocycles. The monoisotopic (exact) mass is 354 g/mol. The molecule has 0 aromatic heterocycles. The molecule has 3 rings (SSSR count). The van der Waals surface area contributed by atoms with Crippen molar-refractivity contribution in [1.29, 1.82) is 0 Å². The second-order valence-corrected chi connectivity index (χ2v) is 5.91. The van der Waals surface area contributed by atoms with Crippen LogP contribution in [0.3, 0.4) is 0 Å². The summed E-state index contributed by atoms with van der Waals surface area (Å²) in [5.74, 6) is -0.409. The summed E-state index contributed by atoms with van der Waals surface area (Å²) in [6.07, 6.45) is -0.670. The highest BCUT2D eigenvalue weighted by atomic mass is 79.9. The van der Waals surface area contributed by atoms with Gasteiger partial charge in [-0.05, 0) is 5.56 Å². The Morgan fingerprint density at radius 1 is 1.19 bits per heavy atom. The minimum atomic E-state index is -1.43. The van der Waals surface area contributed by atoms with E-state index in [2.05, 4.69) is 15.9 Å². The first-order chi connectivity index (χ1) is 10.0. The fourth-order valence-corrected chi connectivity index (χ4v) is 4.10. The van der Waals surface area contributed by atoms with Crippen LogP contribution in [0, 0.1) is 0 Å². The number of benzene rings is 1.